The molecule has 4 nitrogen and oxygen atoms in total. The van der Waals surface area contributed by atoms with Crippen LogP contribution in [0.4, 0.5) is 22.0 Å². The van der Waals surface area contributed by atoms with E-state index >= 15 is 0 Å². The number of likely N-dealkylation sites (tertiary alicyclic amines) is 1. The average Bonchev–Trinajstić information content (AvgIpc) is 2.64. The Morgan fingerprint density at radius 1 is 1.20 bits per heavy atom. The van der Waals surface area contributed by atoms with Gasteiger partial charge in [-0.2, -0.15) is 13.2 Å². The second-order valence-electron chi connectivity index (χ2n) is 5.40. The van der Waals surface area contributed by atoms with Gasteiger partial charge in [-0.15, -0.1) is 0 Å². The van der Waals surface area contributed by atoms with Crippen LogP contribution in [0, 0.1) is 11.3 Å². The van der Waals surface area contributed by atoms with Crippen LogP contribution >= 0.6 is 0 Å². The molecule has 1 heterocycles. The molecule has 1 N–H and O–H groups in total. The van der Waals surface area contributed by atoms with Gasteiger partial charge < -0.3 is 10.0 Å². The van der Waals surface area contributed by atoms with Crippen molar-refractivity contribution in [1.82, 2.24) is 4.90 Å². The van der Waals surface area contributed by atoms with Crippen LogP contribution in [0.5, 0.6) is 0 Å². The zero-order chi connectivity index (χ0) is 15.3. The number of alkyl halides is 5. The van der Waals surface area contributed by atoms with Crippen molar-refractivity contribution in [3.63, 3.8) is 0 Å². The molecule has 1 aliphatic heterocycles. The quantitative estimate of drug-likeness (QED) is 0.753. The highest BCUT2D eigenvalue weighted by atomic mass is 19.4. The van der Waals surface area contributed by atoms with Gasteiger partial charge in [0.25, 0.3) is 0 Å². The van der Waals surface area contributed by atoms with Crippen LogP contribution in [-0.2, 0) is 9.59 Å². The SMILES string of the molecule is O=C(N1CC2CC(F)(F)CCC2(C(=O)O)C1)C(F)(F)F. The number of carboxylic acid groups (broad SMARTS) is 1. The van der Waals surface area contributed by atoms with Crippen molar-refractivity contribution < 1.29 is 36.6 Å². The number of hydrogen-bond acceptors (Lipinski definition) is 2. The monoisotopic (exact) mass is 301 g/mol. The third-order valence-corrected chi connectivity index (χ3v) is 4.13. The molecule has 1 amide bonds. The van der Waals surface area contributed by atoms with Gasteiger partial charge >= 0.3 is 18.1 Å². The topological polar surface area (TPSA) is 57.6 Å². The number of fused-ring (bicyclic) bond motifs is 1. The Morgan fingerprint density at radius 2 is 1.80 bits per heavy atom. The molecule has 0 bridgehead atoms. The van der Waals surface area contributed by atoms with E-state index in [1.54, 1.807) is 0 Å². The summed E-state index contributed by atoms with van der Waals surface area (Å²) in [4.78, 5) is 22.8. The first-order chi connectivity index (χ1) is 8.98. The summed E-state index contributed by atoms with van der Waals surface area (Å²) in [7, 11) is 0. The Kier molecular flexibility index (Phi) is 3.22. The van der Waals surface area contributed by atoms with E-state index in [1.165, 1.54) is 0 Å². The van der Waals surface area contributed by atoms with Crippen molar-refractivity contribution in [1.29, 1.82) is 0 Å². The number of halogens is 5. The van der Waals surface area contributed by atoms with E-state index in [4.69, 9.17) is 0 Å². The summed E-state index contributed by atoms with van der Waals surface area (Å²) in [6.45, 7) is -1.26. The number of nitrogens with zero attached hydrogens (tertiary/aromatic N) is 1. The van der Waals surface area contributed by atoms with Crippen molar-refractivity contribution in [2.75, 3.05) is 13.1 Å². The highest BCUT2D eigenvalue weighted by Crippen LogP contribution is 2.52. The van der Waals surface area contributed by atoms with Gasteiger partial charge in [-0.1, -0.05) is 0 Å². The predicted molar refractivity (Wildman–Crippen MR) is 55.0 cm³/mol. The van der Waals surface area contributed by atoms with Crippen molar-refractivity contribution in [3.05, 3.63) is 0 Å². The smallest absolute Gasteiger partial charge is 0.471 e. The zero-order valence-electron chi connectivity index (χ0n) is 10.2. The molecule has 2 unspecified atom stereocenters. The molecule has 114 valence electrons. The number of hydrogen-bond donors (Lipinski definition) is 1. The number of carbonyl (C=O) groups is 2. The van der Waals surface area contributed by atoms with Gasteiger partial charge in [-0.25, -0.2) is 8.78 Å². The van der Waals surface area contributed by atoms with Crippen molar-refractivity contribution in [2.45, 2.75) is 31.4 Å². The van der Waals surface area contributed by atoms with Gasteiger partial charge in [0.05, 0.1) is 5.41 Å². The molecule has 20 heavy (non-hydrogen) atoms. The van der Waals surface area contributed by atoms with Crippen molar-refractivity contribution in [2.24, 2.45) is 11.3 Å². The maximum Gasteiger partial charge on any atom is 0.471 e. The van der Waals surface area contributed by atoms with Crippen LogP contribution in [0.2, 0.25) is 0 Å². The largest absolute Gasteiger partial charge is 0.481 e. The molecule has 2 fully saturated rings. The van der Waals surface area contributed by atoms with Gasteiger partial charge in [0.15, 0.2) is 0 Å². The highest BCUT2D eigenvalue weighted by molar-refractivity contribution is 5.84. The van der Waals surface area contributed by atoms with Crippen LogP contribution in [-0.4, -0.2) is 47.1 Å². The van der Waals surface area contributed by atoms with Crippen LogP contribution in [0.3, 0.4) is 0 Å². The molecule has 2 aliphatic rings. The summed E-state index contributed by atoms with van der Waals surface area (Å²) in [5, 5.41) is 9.21. The number of carboxylic acids is 1. The maximum atomic E-state index is 13.3. The molecular weight excluding hydrogens is 289 g/mol. The minimum absolute atomic E-state index is 0.334. The summed E-state index contributed by atoms with van der Waals surface area (Å²) < 4.78 is 63.7. The standard InChI is InChI=1S/C11H12F5NO3/c12-10(13)2-1-9(8(19)20)5-17(4-6(9)3-10)7(18)11(14,15)16/h6H,1-5H2,(H,19,20). The molecule has 0 radical (unpaired) electrons. The summed E-state index contributed by atoms with van der Waals surface area (Å²) in [6.07, 6.45) is -7.05. The average molecular weight is 301 g/mol. The van der Waals surface area contributed by atoms with E-state index in [2.05, 4.69) is 0 Å². The summed E-state index contributed by atoms with van der Waals surface area (Å²) in [6, 6.07) is 0. The zero-order valence-corrected chi connectivity index (χ0v) is 10.2. The molecule has 0 aromatic heterocycles. The number of carbonyl (C=O) groups excluding carboxylic acids is 1. The second kappa shape index (κ2) is 4.29. The number of rotatable bonds is 1. The van der Waals surface area contributed by atoms with Gasteiger partial charge in [-0.05, 0) is 12.3 Å². The van der Waals surface area contributed by atoms with Crippen LogP contribution in [0.25, 0.3) is 0 Å². The Hall–Kier alpha value is -1.41. The lowest BCUT2D eigenvalue weighted by atomic mass is 9.67. The fraction of sp³-hybridized carbons (Fsp3) is 0.818. The first kappa shape index (κ1) is 15.0. The van der Waals surface area contributed by atoms with E-state index in [9.17, 15) is 36.6 Å². The molecule has 1 aliphatic carbocycles. The van der Waals surface area contributed by atoms with E-state index < -0.39 is 67.7 Å². The fourth-order valence-electron chi connectivity index (χ4n) is 3.07. The summed E-state index contributed by atoms with van der Waals surface area (Å²) in [5.74, 6) is -7.85. The Balaban J connectivity index is 2.27. The molecule has 1 saturated carbocycles. The van der Waals surface area contributed by atoms with Crippen LogP contribution < -0.4 is 0 Å². The second-order valence-corrected chi connectivity index (χ2v) is 5.40. The Labute approximate surface area is 110 Å². The van der Waals surface area contributed by atoms with Crippen LogP contribution in [0.1, 0.15) is 19.3 Å². The van der Waals surface area contributed by atoms with E-state index in [-0.39, 0.29) is 0 Å². The minimum atomic E-state index is -5.13. The van der Waals surface area contributed by atoms with Gasteiger partial charge in [0.1, 0.15) is 0 Å². The van der Waals surface area contributed by atoms with Gasteiger partial charge in [0, 0.05) is 25.9 Å². The van der Waals surface area contributed by atoms with Gasteiger partial charge in [0.2, 0.25) is 5.92 Å². The minimum Gasteiger partial charge on any atom is -0.481 e. The predicted octanol–water partition coefficient (Wildman–Crippen LogP) is 1.90. The highest BCUT2D eigenvalue weighted by Gasteiger charge is 2.61. The Morgan fingerprint density at radius 3 is 2.30 bits per heavy atom. The Bertz CT molecular complexity index is 450. The molecule has 9 heteroatoms. The lowest BCUT2D eigenvalue weighted by Gasteiger charge is -2.38. The van der Waals surface area contributed by atoms with Gasteiger partial charge in [-0.3, -0.25) is 9.59 Å². The maximum absolute atomic E-state index is 13.3. The van der Waals surface area contributed by atoms with E-state index in [1.807, 2.05) is 0 Å². The summed E-state index contributed by atoms with van der Waals surface area (Å²) in [5.41, 5.74) is -1.69. The molecule has 0 aromatic carbocycles. The lowest BCUT2D eigenvalue weighted by Crippen LogP contribution is -2.46. The third-order valence-electron chi connectivity index (χ3n) is 4.13. The lowest BCUT2D eigenvalue weighted by molar-refractivity contribution is -0.185. The molecular formula is C11H12F5NO3. The first-order valence-electron chi connectivity index (χ1n) is 5.95. The molecule has 1 saturated heterocycles. The van der Waals surface area contributed by atoms with Crippen molar-refractivity contribution in [3.8, 4) is 0 Å². The first-order valence-corrected chi connectivity index (χ1v) is 5.95. The summed E-state index contributed by atoms with van der Waals surface area (Å²) >= 11 is 0. The molecule has 2 rings (SSSR count). The third kappa shape index (κ3) is 2.33. The fourth-order valence-corrected chi connectivity index (χ4v) is 3.07. The molecule has 0 spiro atoms. The number of aliphatic carboxylic acids is 1. The normalized spacial score (nSPS) is 32.9. The van der Waals surface area contributed by atoms with Crippen LogP contribution in [0.15, 0.2) is 0 Å². The molecule has 2 atom stereocenters. The molecule has 0 aromatic rings. The van der Waals surface area contributed by atoms with E-state index in [0.29, 0.717) is 4.90 Å². The van der Waals surface area contributed by atoms with Crippen molar-refractivity contribution >= 4 is 11.9 Å². The van der Waals surface area contributed by atoms with E-state index in [0.717, 1.165) is 0 Å². The number of amides is 1.